The van der Waals surface area contributed by atoms with Gasteiger partial charge in [-0.1, -0.05) is 39.0 Å². The van der Waals surface area contributed by atoms with Crippen LogP contribution in [0.3, 0.4) is 0 Å². The summed E-state index contributed by atoms with van der Waals surface area (Å²) in [5, 5.41) is 17.5. The van der Waals surface area contributed by atoms with Crippen molar-refractivity contribution in [2.24, 2.45) is 0 Å². The number of aliphatic hydroxyl groups excluding tert-OH is 2. The van der Waals surface area contributed by atoms with E-state index in [1.807, 2.05) is 0 Å². The zero-order chi connectivity index (χ0) is 13.1. The van der Waals surface area contributed by atoms with E-state index in [0.29, 0.717) is 6.42 Å². The van der Waals surface area contributed by atoms with Crippen LogP contribution in [-0.2, 0) is 14.3 Å². The monoisotopic (exact) mass is 291 g/mol. The second-order valence-corrected chi connectivity index (χ2v) is 5.91. The maximum Gasteiger partial charge on any atom is 1.00 e. The van der Waals surface area contributed by atoms with Crippen LogP contribution in [0.1, 0.15) is 45.4 Å². The Hall–Kier alpha value is 0.830. The molecule has 0 aliphatic heterocycles. The molecule has 0 aliphatic carbocycles. The van der Waals surface area contributed by atoms with E-state index in [0.717, 1.165) is 19.3 Å². The first-order valence-corrected chi connectivity index (χ1v) is 7.75. The van der Waals surface area contributed by atoms with Crippen LogP contribution in [-0.4, -0.2) is 43.7 Å². The standard InChI is InChI=1S/C11H24O5S.Na/c1-2-3-4-5-6-7-8-17(14,15)16-10-11(13)9-12;/h11-13H,2-10H2,1H3;/q;+1. The van der Waals surface area contributed by atoms with Crippen molar-refractivity contribution in [1.29, 1.82) is 0 Å². The van der Waals surface area contributed by atoms with Gasteiger partial charge in [-0.25, -0.2) is 0 Å². The molecule has 1 atom stereocenters. The number of aliphatic hydroxyl groups is 2. The Labute approximate surface area is 132 Å². The minimum Gasteiger partial charge on any atom is -0.394 e. The largest absolute Gasteiger partial charge is 1.00 e. The molecule has 2 N–H and O–H groups in total. The van der Waals surface area contributed by atoms with E-state index in [-0.39, 0.29) is 41.9 Å². The Kier molecular flexibility index (Phi) is 15.1. The minimum atomic E-state index is -3.55. The molecule has 0 aromatic rings. The molecule has 0 aromatic carbocycles. The second kappa shape index (κ2) is 12.8. The van der Waals surface area contributed by atoms with E-state index in [1.54, 1.807) is 0 Å². The van der Waals surface area contributed by atoms with Crippen molar-refractivity contribution in [3.63, 3.8) is 0 Å². The zero-order valence-corrected chi connectivity index (χ0v) is 14.3. The number of unbranched alkanes of at least 4 members (excludes halogenated alkanes) is 5. The Balaban J connectivity index is 0. The summed E-state index contributed by atoms with van der Waals surface area (Å²) in [6, 6.07) is 0. The van der Waals surface area contributed by atoms with Crippen LogP contribution in [0.15, 0.2) is 0 Å². The second-order valence-electron chi connectivity index (χ2n) is 4.15. The van der Waals surface area contributed by atoms with Gasteiger partial charge in [0.1, 0.15) is 6.10 Å². The maximum absolute atomic E-state index is 11.3. The quantitative estimate of drug-likeness (QED) is 0.263. The minimum absolute atomic E-state index is 0. The van der Waals surface area contributed by atoms with E-state index in [2.05, 4.69) is 11.1 Å². The molecular formula is C11H24NaO5S+. The first kappa shape index (κ1) is 21.1. The normalized spacial score (nSPS) is 13.1. The molecule has 0 spiro atoms. The van der Waals surface area contributed by atoms with Crippen molar-refractivity contribution >= 4 is 10.1 Å². The third-order valence-corrected chi connectivity index (χ3v) is 3.68. The molecule has 104 valence electrons. The SMILES string of the molecule is CCCCCCCCS(=O)(=O)OCC(O)CO.[Na+]. The Bertz CT molecular complexity index is 269. The van der Waals surface area contributed by atoms with E-state index < -0.39 is 22.8 Å². The van der Waals surface area contributed by atoms with E-state index in [4.69, 9.17) is 10.2 Å². The van der Waals surface area contributed by atoms with Crippen molar-refractivity contribution in [3.05, 3.63) is 0 Å². The number of hydrogen-bond acceptors (Lipinski definition) is 5. The van der Waals surface area contributed by atoms with Crippen molar-refractivity contribution < 1.29 is 52.4 Å². The summed E-state index contributed by atoms with van der Waals surface area (Å²) < 4.78 is 27.2. The molecule has 0 heterocycles. The Morgan fingerprint density at radius 3 is 2.22 bits per heavy atom. The van der Waals surface area contributed by atoms with Gasteiger partial charge in [-0.05, 0) is 6.42 Å². The molecule has 7 heteroatoms. The summed E-state index contributed by atoms with van der Waals surface area (Å²) in [6.45, 7) is 1.27. The van der Waals surface area contributed by atoms with Gasteiger partial charge in [-0.2, -0.15) is 8.42 Å². The van der Waals surface area contributed by atoms with Gasteiger partial charge in [0.15, 0.2) is 0 Å². The van der Waals surface area contributed by atoms with Gasteiger partial charge in [0.05, 0.1) is 19.0 Å². The Morgan fingerprint density at radius 1 is 1.11 bits per heavy atom. The van der Waals surface area contributed by atoms with Crippen molar-refractivity contribution in [2.75, 3.05) is 19.0 Å². The van der Waals surface area contributed by atoms with Gasteiger partial charge in [0.25, 0.3) is 10.1 Å². The smallest absolute Gasteiger partial charge is 0.394 e. The molecular weight excluding hydrogens is 267 g/mol. The molecule has 0 saturated carbocycles. The maximum atomic E-state index is 11.3. The molecule has 0 bridgehead atoms. The van der Waals surface area contributed by atoms with E-state index in [9.17, 15) is 8.42 Å². The molecule has 1 unspecified atom stereocenters. The van der Waals surface area contributed by atoms with Gasteiger partial charge in [-0.3, -0.25) is 4.18 Å². The Morgan fingerprint density at radius 2 is 1.67 bits per heavy atom. The van der Waals surface area contributed by atoms with Crippen molar-refractivity contribution in [3.8, 4) is 0 Å². The van der Waals surface area contributed by atoms with Gasteiger partial charge in [0, 0.05) is 0 Å². The van der Waals surface area contributed by atoms with Crippen LogP contribution in [0.5, 0.6) is 0 Å². The molecule has 18 heavy (non-hydrogen) atoms. The van der Waals surface area contributed by atoms with Crippen molar-refractivity contribution in [2.45, 2.75) is 51.6 Å². The molecule has 0 radical (unpaired) electrons. The summed E-state index contributed by atoms with van der Waals surface area (Å²) in [6.07, 6.45) is 4.87. The third kappa shape index (κ3) is 13.3. The average Bonchev–Trinajstić information content (AvgIpc) is 2.30. The number of hydrogen-bond donors (Lipinski definition) is 2. The van der Waals surface area contributed by atoms with Crippen LogP contribution in [0, 0.1) is 0 Å². The summed E-state index contributed by atoms with van der Waals surface area (Å²) >= 11 is 0. The molecule has 0 fully saturated rings. The van der Waals surface area contributed by atoms with Gasteiger partial charge in [-0.15, -0.1) is 0 Å². The molecule has 5 nitrogen and oxygen atoms in total. The fraction of sp³-hybridized carbons (Fsp3) is 1.00. The van der Waals surface area contributed by atoms with Crippen LogP contribution < -0.4 is 29.6 Å². The van der Waals surface area contributed by atoms with Crippen LogP contribution >= 0.6 is 0 Å². The average molecular weight is 291 g/mol. The van der Waals surface area contributed by atoms with Crippen molar-refractivity contribution in [1.82, 2.24) is 0 Å². The molecule has 0 amide bonds. The summed E-state index contributed by atoms with van der Waals surface area (Å²) in [5.41, 5.74) is 0. The molecule has 0 rings (SSSR count). The fourth-order valence-electron chi connectivity index (χ4n) is 1.35. The first-order chi connectivity index (χ1) is 8.02. The van der Waals surface area contributed by atoms with Crippen LogP contribution in [0.2, 0.25) is 0 Å². The van der Waals surface area contributed by atoms with E-state index >= 15 is 0 Å². The van der Waals surface area contributed by atoms with Gasteiger partial charge >= 0.3 is 29.6 Å². The van der Waals surface area contributed by atoms with E-state index in [1.165, 1.54) is 12.8 Å². The topological polar surface area (TPSA) is 83.8 Å². The summed E-state index contributed by atoms with van der Waals surface area (Å²) in [4.78, 5) is 0. The number of rotatable bonds is 11. The molecule has 0 aliphatic rings. The summed E-state index contributed by atoms with van der Waals surface area (Å²) in [7, 11) is -3.55. The third-order valence-electron chi connectivity index (χ3n) is 2.40. The van der Waals surface area contributed by atoms with Crippen LogP contribution in [0.25, 0.3) is 0 Å². The zero-order valence-electron chi connectivity index (χ0n) is 11.5. The predicted octanol–water partition coefficient (Wildman–Crippen LogP) is -1.95. The molecule has 0 saturated heterocycles. The van der Waals surface area contributed by atoms with Gasteiger partial charge in [0.2, 0.25) is 0 Å². The van der Waals surface area contributed by atoms with Crippen LogP contribution in [0.4, 0.5) is 0 Å². The summed E-state index contributed by atoms with van der Waals surface area (Å²) in [5.74, 6) is -0.0166. The first-order valence-electron chi connectivity index (χ1n) is 6.18. The fourth-order valence-corrected chi connectivity index (χ4v) is 2.39. The molecule has 0 aromatic heterocycles. The van der Waals surface area contributed by atoms with Gasteiger partial charge < -0.3 is 10.2 Å². The predicted molar refractivity (Wildman–Crippen MR) is 66.2 cm³/mol.